The van der Waals surface area contributed by atoms with E-state index in [-0.39, 0.29) is 24.9 Å². The molecule has 1 unspecified atom stereocenters. The Balaban J connectivity index is 2.73. The number of rotatable bonds is 7. The van der Waals surface area contributed by atoms with Crippen molar-refractivity contribution >= 4 is 17.7 Å². The standard InChI is InChI=1S/C16H21F2N3O3/c1-9(2)14(16(24)20-8-7-19-10(3)22)21-15(23)13-11(17)5-4-6-12(13)18/h4-6,9,14H,7-8H2,1-3H3,(H,19,22)(H,20,24)(H,21,23). The van der Waals surface area contributed by atoms with Crippen LogP contribution in [-0.4, -0.2) is 36.9 Å². The van der Waals surface area contributed by atoms with Crippen LogP contribution in [0.25, 0.3) is 0 Å². The van der Waals surface area contributed by atoms with Gasteiger partial charge >= 0.3 is 0 Å². The van der Waals surface area contributed by atoms with Gasteiger partial charge in [0.1, 0.15) is 23.2 Å². The summed E-state index contributed by atoms with van der Waals surface area (Å²) < 4.78 is 27.3. The number of nitrogens with one attached hydrogen (secondary N) is 3. The van der Waals surface area contributed by atoms with Crippen molar-refractivity contribution in [1.29, 1.82) is 0 Å². The Morgan fingerprint density at radius 2 is 1.58 bits per heavy atom. The summed E-state index contributed by atoms with van der Waals surface area (Å²) in [5.41, 5.74) is -0.728. The van der Waals surface area contributed by atoms with Crippen LogP contribution in [0.1, 0.15) is 31.1 Å². The van der Waals surface area contributed by atoms with Crippen molar-refractivity contribution in [3.05, 3.63) is 35.4 Å². The first-order valence-corrected chi connectivity index (χ1v) is 7.51. The van der Waals surface area contributed by atoms with Gasteiger partial charge in [0.05, 0.1) is 0 Å². The van der Waals surface area contributed by atoms with Crippen LogP contribution < -0.4 is 16.0 Å². The highest BCUT2D eigenvalue weighted by molar-refractivity contribution is 5.98. The van der Waals surface area contributed by atoms with E-state index >= 15 is 0 Å². The molecular weight excluding hydrogens is 320 g/mol. The second-order valence-corrected chi connectivity index (χ2v) is 5.57. The quantitative estimate of drug-likeness (QED) is 0.646. The number of benzene rings is 1. The number of hydrogen-bond acceptors (Lipinski definition) is 3. The lowest BCUT2D eigenvalue weighted by Gasteiger charge is -2.22. The van der Waals surface area contributed by atoms with E-state index in [0.29, 0.717) is 0 Å². The molecule has 0 saturated carbocycles. The minimum atomic E-state index is -0.999. The van der Waals surface area contributed by atoms with Crippen LogP contribution >= 0.6 is 0 Å². The maximum atomic E-state index is 13.6. The Hall–Kier alpha value is -2.51. The van der Waals surface area contributed by atoms with Gasteiger partial charge in [0.25, 0.3) is 5.91 Å². The first-order valence-electron chi connectivity index (χ1n) is 7.51. The van der Waals surface area contributed by atoms with E-state index in [4.69, 9.17) is 0 Å². The molecule has 3 amide bonds. The van der Waals surface area contributed by atoms with Gasteiger partial charge in [0, 0.05) is 20.0 Å². The van der Waals surface area contributed by atoms with Gasteiger partial charge in [-0.25, -0.2) is 8.78 Å². The Bertz CT molecular complexity index is 600. The van der Waals surface area contributed by atoms with Crippen molar-refractivity contribution in [2.24, 2.45) is 5.92 Å². The van der Waals surface area contributed by atoms with Gasteiger partial charge in [-0.2, -0.15) is 0 Å². The van der Waals surface area contributed by atoms with Crippen molar-refractivity contribution in [1.82, 2.24) is 16.0 Å². The van der Waals surface area contributed by atoms with E-state index in [1.54, 1.807) is 13.8 Å². The number of carbonyl (C=O) groups is 3. The molecule has 1 rings (SSSR count). The summed E-state index contributed by atoms with van der Waals surface area (Å²) in [5, 5.41) is 7.41. The smallest absolute Gasteiger partial charge is 0.257 e. The topological polar surface area (TPSA) is 87.3 Å². The lowest BCUT2D eigenvalue weighted by Crippen LogP contribution is -2.51. The average Bonchev–Trinajstić information content (AvgIpc) is 2.48. The Kier molecular flexibility index (Phi) is 7.29. The van der Waals surface area contributed by atoms with E-state index in [9.17, 15) is 23.2 Å². The predicted molar refractivity (Wildman–Crippen MR) is 84.1 cm³/mol. The monoisotopic (exact) mass is 341 g/mol. The molecule has 0 bridgehead atoms. The van der Waals surface area contributed by atoms with Gasteiger partial charge in [-0.05, 0) is 18.1 Å². The zero-order valence-electron chi connectivity index (χ0n) is 13.8. The number of carbonyl (C=O) groups excluding carboxylic acids is 3. The maximum Gasteiger partial charge on any atom is 0.257 e. The highest BCUT2D eigenvalue weighted by atomic mass is 19.1. The van der Waals surface area contributed by atoms with Crippen LogP contribution in [-0.2, 0) is 9.59 Å². The molecule has 0 saturated heterocycles. The molecule has 0 heterocycles. The minimum absolute atomic E-state index is 0.172. The second-order valence-electron chi connectivity index (χ2n) is 5.57. The first-order chi connectivity index (χ1) is 11.2. The molecule has 1 aromatic rings. The summed E-state index contributed by atoms with van der Waals surface area (Å²) in [5.74, 6) is -4.03. The van der Waals surface area contributed by atoms with Crippen molar-refractivity contribution < 1.29 is 23.2 Å². The Labute approximate surface area is 139 Å². The van der Waals surface area contributed by atoms with Crippen LogP contribution in [0.15, 0.2) is 18.2 Å². The molecule has 8 heteroatoms. The third-order valence-corrected chi connectivity index (χ3v) is 3.22. The van der Waals surface area contributed by atoms with Crippen LogP contribution in [0.4, 0.5) is 8.78 Å². The van der Waals surface area contributed by atoms with E-state index < -0.39 is 35.1 Å². The van der Waals surface area contributed by atoms with Crippen LogP contribution in [0.5, 0.6) is 0 Å². The van der Waals surface area contributed by atoms with Gasteiger partial charge in [-0.3, -0.25) is 14.4 Å². The van der Waals surface area contributed by atoms with Crippen molar-refractivity contribution in [3.8, 4) is 0 Å². The molecule has 0 aliphatic rings. The third-order valence-electron chi connectivity index (χ3n) is 3.22. The second kappa shape index (κ2) is 8.95. The summed E-state index contributed by atoms with van der Waals surface area (Å²) in [6, 6.07) is 2.12. The summed E-state index contributed by atoms with van der Waals surface area (Å²) in [7, 11) is 0. The summed E-state index contributed by atoms with van der Waals surface area (Å²) in [4.78, 5) is 35.0. The summed E-state index contributed by atoms with van der Waals surface area (Å²) >= 11 is 0. The third kappa shape index (κ3) is 5.60. The van der Waals surface area contributed by atoms with Gasteiger partial charge in [0.15, 0.2) is 0 Å². The van der Waals surface area contributed by atoms with E-state index in [2.05, 4.69) is 16.0 Å². The van der Waals surface area contributed by atoms with E-state index in [1.807, 2.05) is 0 Å². The summed E-state index contributed by atoms with van der Waals surface area (Å²) in [6.07, 6.45) is 0. The van der Waals surface area contributed by atoms with E-state index in [0.717, 1.165) is 18.2 Å². The zero-order chi connectivity index (χ0) is 18.3. The SMILES string of the molecule is CC(=O)NCCNC(=O)C(NC(=O)c1c(F)cccc1F)C(C)C. The van der Waals surface area contributed by atoms with Gasteiger partial charge in [0.2, 0.25) is 11.8 Å². The molecule has 3 N–H and O–H groups in total. The predicted octanol–water partition coefficient (Wildman–Crippen LogP) is 0.971. The van der Waals surface area contributed by atoms with E-state index in [1.165, 1.54) is 6.92 Å². The van der Waals surface area contributed by atoms with Crippen molar-refractivity contribution in [2.75, 3.05) is 13.1 Å². The first kappa shape index (κ1) is 19.5. The van der Waals surface area contributed by atoms with Crippen LogP contribution in [0.3, 0.4) is 0 Å². The molecule has 0 fully saturated rings. The molecule has 0 aliphatic carbocycles. The van der Waals surface area contributed by atoms with Crippen molar-refractivity contribution in [3.63, 3.8) is 0 Å². The molecule has 0 aromatic heterocycles. The fourth-order valence-corrected chi connectivity index (χ4v) is 2.00. The molecular formula is C16H21F2N3O3. The lowest BCUT2D eigenvalue weighted by atomic mass is 10.0. The maximum absolute atomic E-state index is 13.6. The number of amides is 3. The Morgan fingerprint density at radius 3 is 2.08 bits per heavy atom. The number of halogens is 2. The normalized spacial score (nSPS) is 11.8. The van der Waals surface area contributed by atoms with Gasteiger partial charge < -0.3 is 16.0 Å². The fraction of sp³-hybridized carbons (Fsp3) is 0.438. The lowest BCUT2D eigenvalue weighted by molar-refractivity contribution is -0.124. The molecule has 1 atom stereocenters. The largest absolute Gasteiger partial charge is 0.355 e. The molecule has 132 valence electrons. The molecule has 0 spiro atoms. The fourth-order valence-electron chi connectivity index (χ4n) is 2.00. The molecule has 24 heavy (non-hydrogen) atoms. The highest BCUT2D eigenvalue weighted by Crippen LogP contribution is 2.13. The molecule has 0 aliphatic heterocycles. The highest BCUT2D eigenvalue weighted by Gasteiger charge is 2.26. The van der Waals surface area contributed by atoms with Gasteiger partial charge in [-0.1, -0.05) is 19.9 Å². The molecule has 6 nitrogen and oxygen atoms in total. The van der Waals surface area contributed by atoms with Crippen molar-refractivity contribution in [2.45, 2.75) is 26.8 Å². The molecule has 1 aromatic carbocycles. The van der Waals surface area contributed by atoms with Crippen LogP contribution in [0, 0.1) is 17.6 Å². The zero-order valence-corrected chi connectivity index (χ0v) is 13.8. The number of hydrogen-bond donors (Lipinski definition) is 3. The summed E-state index contributed by atoms with van der Waals surface area (Å²) in [6.45, 7) is 5.14. The minimum Gasteiger partial charge on any atom is -0.355 e. The Morgan fingerprint density at radius 1 is 1.04 bits per heavy atom. The van der Waals surface area contributed by atoms with Crippen LogP contribution in [0.2, 0.25) is 0 Å². The average molecular weight is 341 g/mol. The molecule has 0 radical (unpaired) electrons. The van der Waals surface area contributed by atoms with Gasteiger partial charge in [-0.15, -0.1) is 0 Å².